The molecule has 0 aliphatic carbocycles. The summed E-state index contributed by atoms with van der Waals surface area (Å²) >= 11 is 0. The van der Waals surface area contributed by atoms with Crippen molar-refractivity contribution in [1.29, 1.82) is 0 Å². The van der Waals surface area contributed by atoms with E-state index in [2.05, 4.69) is 34.5 Å². The number of carbonyl (C=O) groups is 1. The molecule has 0 N–H and O–H groups in total. The van der Waals surface area contributed by atoms with Crippen molar-refractivity contribution in [3.63, 3.8) is 0 Å². The van der Waals surface area contributed by atoms with Gasteiger partial charge in [0, 0.05) is 51.7 Å². The number of rotatable bonds is 9. The van der Waals surface area contributed by atoms with Gasteiger partial charge in [-0.15, -0.1) is 13.2 Å². The molecule has 1 unspecified atom stereocenters. The first-order valence-corrected chi connectivity index (χ1v) is 14.3. The van der Waals surface area contributed by atoms with Gasteiger partial charge in [0.2, 0.25) is 5.91 Å². The van der Waals surface area contributed by atoms with E-state index < -0.39 is 27.0 Å². The standard InChI is InChI=1S/C21H29F3N4O3Si/c1-32(2,3)11-10-30-15-28-19(13-18(26-28)17-4-7-25-8-5-17)27-9-6-16(12-20(27)29)14-31-21(22,23)24/h4-5,7-8,13,16H,6,9-12,14-15H2,1-3H3. The number of hydrogen-bond donors (Lipinski definition) is 0. The van der Waals surface area contributed by atoms with E-state index in [1.54, 1.807) is 22.0 Å². The molecule has 2 aromatic rings. The van der Waals surface area contributed by atoms with Gasteiger partial charge in [-0.05, 0) is 30.5 Å². The summed E-state index contributed by atoms with van der Waals surface area (Å²) in [4.78, 5) is 18.4. The number of piperidine rings is 1. The lowest BCUT2D eigenvalue weighted by molar-refractivity contribution is -0.328. The number of amides is 1. The highest BCUT2D eigenvalue weighted by molar-refractivity contribution is 6.76. The molecule has 1 aliphatic heterocycles. The van der Waals surface area contributed by atoms with E-state index in [0.29, 0.717) is 31.1 Å². The van der Waals surface area contributed by atoms with Gasteiger partial charge < -0.3 is 4.74 Å². The van der Waals surface area contributed by atoms with E-state index in [1.165, 1.54) is 0 Å². The Morgan fingerprint density at radius 1 is 1.22 bits per heavy atom. The van der Waals surface area contributed by atoms with Crippen molar-refractivity contribution in [1.82, 2.24) is 14.8 Å². The molecule has 176 valence electrons. The zero-order chi connectivity index (χ0) is 23.4. The molecule has 0 spiro atoms. The Kier molecular flexibility index (Phi) is 7.73. The van der Waals surface area contributed by atoms with Gasteiger partial charge in [-0.2, -0.15) is 5.10 Å². The first-order chi connectivity index (χ1) is 15.0. The van der Waals surface area contributed by atoms with Crippen molar-refractivity contribution in [3.05, 3.63) is 30.6 Å². The predicted octanol–water partition coefficient (Wildman–Crippen LogP) is 4.54. The maximum absolute atomic E-state index is 12.8. The summed E-state index contributed by atoms with van der Waals surface area (Å²) in [5.74, 6) is -0.147. The molecule has 7 nitrogen and oxygen atoms in total. The zero-order valence-corrected chi connectivity index (χ0v) is 19.6. The minimum Gasteiger partial charge on any atom is -0.359 e. The third-order valence-electron chi connectivity index (χ3n) is 5.23. The van der Waals surface area contributed by atoms with Gasteiger partial charge in [0.05, 0.1) is 12.3 Å². The second-order valence-corrected chi connectivity index (χ2v) is 14.8. The number of ether oxygens (including phenoxy) is 2. The minimum absolute atomic E-state index is 0.0116. The van der Waals surface area contributed by atoms with Gasteiger partial charge in [0.1, 0.15) is 12.5 Å². The van der Waals surface area contributed by atoms with Crippen molar-refractivity contribution < 1.29 is 27.4 Å². The van der Waals surface area contributed by atoms with Crippen LogP contribution >= 0.6 is 0 Å². The Morgan fingerprint density at radius 2 is 1.94 bits per heavy atom. The Balaban J connectivity index is 1.73. The highest BCUT2D eigenvalue weighted by Gasteiger charge is 2.34. The predicted molar refractivity (Wildman–Crippen MR) is 117 cm³/mol. The summed E-state index contributed by atoms with van der Waals surface area (Å²) < 4.78 is 48.4. The van der Waals surface area contributed by atoms with E-state index in [-0.39, 0.29) is 19.1 Å². The molecule has 32 heavy (non-hydrogen) atoms. The molecular weight excluding hydrogens is 441 g/mol. The Morgan fingerprint density at radius 3 is 2.56 bits per heavy atom. The average Bonchev–Trinajstić information content (AvgIpc) is 3.13. The first-order valence-electron chi connectivity index (χ1n) is 10.6. The largest absolute Gasteiger partial charge is 0.522 e. The van der Waals surface area contributed by atoms with Crippen LogP contribution in [-0.2, 0) is 21.0 Å². The number of halogens is 3. The Hall–Kier alpha value is -2.24. The number of hydrogen-bond acceptors (Lipinski definition) is 5. The molecule has 2 aromatic heterocycles. The van der Waals surface area contributed by atoms with Crippen molar-refractivity contribution in [3.8, 4) is 11.3 Å². The second-order valence-electron chi connectivity index (χ2n) is 9.13. The van der Waals surface area contributed by atoms with Crippen molar-refractivity contribution in [2.24, 2.45) is 5.92 Å². The Bertz CT molecular complexity index is 900. The van der Waals surface area contributed by atoms with Gasteiger partial charge >= 0.3 is 6.36 Å². The normalized spacial score (nSPS) is 17.8. The summed E-state index contributed by atoms with van der Waals surface area (Å²) in [6, 6.07) is 6.46. The quantitative estimate of drug-likeness (QED) is 0.398. The summed E-state index contributed by atoms with van der Waals surface area (Å²) in [7, 11) is -1.25. The number of nitrogens with zero attached hydrogens (tertiary/aromatic N) is 4. The van der Waals surface area contributed by atoms with Gasteiger partial charge in [0.25, 0.3) is 0 Å². The molecule has 1 aliphatic rings. The van der Waals surface area contributed by atoms with E-state index in [4.69, 9.17) is 4.74 Å². The van der Waals surface area contributed by atoms with Crippen LogP contribution in [0, 0.1) is 5.92 Å². The van der Waals surface area contributed by atoms with Crippen LogP contribution in [0.5, 0.6) is 0 Å². The highest BCUT2D eigenvalue weighted by Crippen LogP contribution is 2.30. The first kappa shape index (κ1) is 24.4. The van der Waals surface area contributed by atoms with Crippen LogP contribution in [0.25, 0.3) is 11.3 Å². The minimum atomic E-state index is -4.69. The molecular formula is C21H29F3N4O3Si. The lowest BCUT2D eigenvalue weighted by Gasteiger charge is -2.31. The summed E-state index contributed by atoms with van der Waals surface area (Å²) in [6.45, 7) is 7.37. The van der Waals surface area contributed by atoms with Gasteiger partial charge in [-0.1, -0.05) is 19.6 Å². The molecule has 3 rings (SSSR count). The summed E-state index contributed by atoms with van der Waals surface area (Å²) in [5, 5.41) is 4.62. The van der Waals surface area contributed by atoms with Crippen LogP contribution in [0.3, 0.4) is 0 Å². The molecule has 0 saturated carbocycles. The molecule has 0 radical (unpaired) electrons. The van der Waals surface area contributed by atoms with E-state index in [9.17, 15) is 18.0 Å². The van der Waals surface area contributed by atoms with Crippen LogP contribution in [-0.4, -0.2) is 54.9 Å². The molecule has 0 aromatic carbocycles. The monoisotopic (exact) mass is 470 g/mol. The lowest BCUT2D eigenvalue weighted by atomic mass is 9.97. The van der Waals surface area contributed by atoms with Crippen molar-refractivity contribution in [2.75, 3.05) is 24.7 Å². The third-order valence-corrected chi connectivity index (χ3v) is 6.93. The summed E-state index contributed by atoms with van der Waals surface area (Å²) in [6.07, 6.45) is -0.965. The van der Waals surface area contributed by atoms with Gasteiger partial charge in [0.15, 0.2) is 0 Å². The van der Waals surface area contributed by atoms with Crippen LogP contribution in [0.4, 0.5) is 19.0 Å². The number of alkyl halides is 3. The maximum Gasteiger partial charge on any atom is 0.522 e. The van der Waals surface area contributed by atoms with E-state index in [0.717, 1.165) is 11.6 Å². The summed E-state index contributed by atoms with van der Waals surface area (Å²) in [5.41, 5.74) is 1.52. The van der Waals surface area contributed by atoms with Gasteiger partial charge in [-0.25, -0.2) is 4.68 Å². The van der Waals surface area contributed by atoms with Crippen molar-refractivity contribution >= 4 is 19.8 Å². The van der Waals surface area contributed by atoms with Crippen LogP contribution in [0.15, 0.2) is 30.6 Å². The SMILES string of the molecule is C[Si](C)(C)CCOCn1nc(-c2ccncc2)cc1N1CCC(COC(F)(F)F)CC1=O. The lowest BCUT2D eigenvalue weighted by Crippen LogP contribution is -2.41. The fourth-order valence-electron chi connectivity index (χ4n) is 3.40. The molecule has 1 atom stereocenters. The number of carbonyl (C=O) groups excluding carboxylic acids is 1. The van der Waals surface area contributed by atoms with Crippen molar-refractivity contribution in [2.45, 2.75) is 51.6 Å². The number of aromatic nitrogens is 3. The van der Waals surface area contributed by atoms with Crippen LogP contribution < -0.4 is 4.90 Å². The van der Waals surface area contributed by atoms with Gasteiger partial charge in [-0.3, -0.25) is 19.4 Å². The zero-order valence-electron chi connectivity index (χ0n) is 18.6. The fourth-order valence-corrected chi connectivity index (χ4v) is 4.16. The molecule has 1 amide bonds. The average molecular weight is 471 g/mol. The topological polar surface area (TPSA) is 69.5 Å². The maximum atomic E-state index is 12.8. The second kappa shape index (κ2) is 10.1. The molecule has 11 heteroatoms. The number of pyridine rings is 1. The van der Waals surface area contributed by atoms with Crippen LogP contribution in [0.2, 0.25) is 25.7 Å². The third kappa shape index (κ3) is 7.14. The molecule has 3 heterocycles. The van der Waals surface area contributed by atoms with E-state index >= 15 is 0 Å². The molecule has 0 bridgehead atoms. The highest BCUT2D eigenvalue weighted by atomic mass is 28.3. The Labute approximate surface area is 186 Å². The molecule has 1 fully saturated rings. The fraction of sp³-hybridized carbons (Fsp3) is 0.571. The van der Waals surface area contributed by atoms with Crippen LogP contribution in [0.1, 0.15) is 12.8 Å². The molecule has 1 saturated heterocycles. The van der Waals surface area contributed by atoms with E-state index in [1.807, 2.05) is 18.2 Å². The smallest absolute Gasteiger partial charge is 0.359 e. The number of anilines is 1.